The second kappa shape index (κ2) is 7.73. The average molecular weight is 369 g/mol. The van der Waals surface area contributed by atoms with Gasteiger partial charge >= 0.3 is 0 Å². The summed E-state index contributed by atoms with van der Waals surface area (Å²) in [6.45, 7) is 4.69. The molecule has 3 heteroatoms. The smallest absolute Gasteiger partial charge is 0.167 e. The highest BCUT2D eigenvalue weighted by Gasteiger charge is 2.13. The fourth-order valence-electron chi connectivity index (χ4n) is 3.55. The Morgan fingerprint density at radius 3 is 2.57 bits per heavy atom. The number of aldehydes is 1. The first kappa shape index (κ1) is 18.1. The van der Waals surface area contributed by atoms with Crippen LogP contribution in [-0.4, -0.2) is 10.7 Å². The monoisotopic (exact) mass is 369 g/mol. The highest BCUT2D eigenvalue weighted by molar-refractivity contribution is 5.90. The summed E-state index contributed by atoms with van der Waals surface area (Å²) in [7, 11) is 0. The van der Waals surface area contributed by atoms with Crippen molar-refractivity contribution in [1.82, 2.24) is 4.40 Å². The van der Waals surface area contributed by atoms with Gasteiger partial charge in [0, 0.05) is 17.3 Å². The van der Waals surface area contributed by atoms with Crippen LogP contribution in [0.25, 0.3) is 16.6 Å². The summed E-state index contributed by atoms with van der Waals surface area (Å²) < 4.78 is 8.02. The normalized spacial score (nSPS) is 10.9. The lowest BCUT2D eigenvalue weighted by Crippen LogP contribution is -1.99. The zero-order valence-electron chi connectivity index (χ0n) is 16.2. The zero-order valence-corrected chi connectivity index (χ0v) is 16.2. The van der Waals surface area contributed by atoms with Crippen molar-refractivity contribution in [3.8, 4) is 16.9 Å². The van der Waals surface area contributed by atoms with Crippen LogP contribution in [-0.2, 0) is 13.0 Å². The van der Waals surface area contributed by atoms with Gasteiger partial charge in [-0.2, -0.15) is 0 Å². The molecular weight excluding hydrogens is 346 g/mol. The van der Waals surface area contributed by atoms with Gasteiger partial charge in [0.05, 0.1) is 5.69 Å². The molecule has 3 nitrogen and oxygen atoms in total. The SMILES string of the molecule is CCc1cc(-c2cc3ccc(C)cn3c2C=O)ccc1OCc1ccccc1. The number of ether oxygens (including phenoxy) is 1. The van der Waals surface area contributed by atoms with Gasteiger partial charge in [-0.25, -0.2) is 0 Å². The molecule has 0 atom stereocenters. The van der Waals surface area contributed by atoms with Crippen molar-refractivity contribution >= 4 is 11.8 Å². The van der Waals surface area contributed by atoms with Gasteiger partial charge in [0.15, 0.2) is 6.29 Å². The second-order valence-corrected chi connectivity index (χ2v) is 7.01. The molecule has 2 aromatic carbocycles. The van der Waals surface area contributed by atoms with Crippen molar-refractivity contribution in [1.29, 1.82) is 0 Å². The average Bonchev–Trinajstić information content (AvgIpc) is 3.10. The molecule has 2 heterocycles. The van der Waals surface area contributed by atoms with Gasteiger partial charge in [0.1, 0.15) is 12.4 Å². The van der Waals surface area contributed by atoms with E-state index in [0.29, 0.717) is 12.3 Å². The van der Waals surface area contributed by atoms with Crippen molar-refractivity contribution in [2.24, 2.45) is 0 Å². The minimum atomic E-state index is 0.544. The van der Waals surface area contributed by atoms with Gasteiger partial charge in [-0.3, -0.25) is 4.79 Å². The Bertz CT molecular complexity index is 1130. The quantitative estimate of drug-likeness (QED) is 0.398. The molecule has 0 saturated carbocycles. The van der Waals surface area contributed by atoms with Crippen LogP contribution >= 0.6 is 0 Å². The van der Waals surface area contributed by atoms with Gasteiger partial charge in [-0.05, 0) is 59.9 Å². The minimum Gasteiger partial charge on any atom is -0.489 e. The molecule has 28 heavy (non-hydrogen) atoms. The predicted octanol–water partition coefficient (Wildman–Crippen LogP) is 5.87. The summed E-state index contributed by atoms with van der Waals surface area (Å²) in [6, 6.07) is 22.5. The molecule has 0 spiro atoms. The molecule has 2 aromatic heterocycles. The van der Waals surface area contributed by atoms with E-state index in [9.17, 15) is 4.79 Å². The van der Waals surface area contributed by atoms with Crippen LogP contribution in [0.15, 0.2) is 72.9 Å². The second-order valence-electron chi connectivity index (χ2n) is 7.01. The number of fused-ring (bicyclic) bond motifs is 1. The maximum Gasteiger partial charge on any atom is 0.167 e. The maximum atomic E-state index is 11.8. The summed E-state index contributed by atoms with van der Waals surface area (Å²) in [5, 5.41) is 0. The van der Waals surface area contributed by atoms with Crippen LogP contribution in [0.5, 0.6) is 5.75 Å². The van der Waals surface area contributed by atoms with E-state index in [1.54, 1.807) is 0 Å². The van der Waals surface area contributed by atoms with Gasteiger partial charge in [-0.1, -0.05) is 49.4 Å². The Labute approximate surface area is 165 Å². The minimum absolute atomic E-state index is 0.544. The molecule has 4 aromatic rings. The molecule has 0 aliphatic rings. The van der Waals surface area contributed by atoms with E-state index in [2.05, 4.69) is 37.3 Å². The summed E-state index contributed by atoms with van der Waals surface area (Å²) >= 11 is 0. The Morgan fingerprint density at radius 1 is 1.00 bits per heavy atom. The maximum absolute atomic E-state index is 11.8. The molecule has 0 aliphatic heterocycles. The largest absolute Gasteiger partial charge is 0.489 e. The van der Waals surface area contributed by atoms with Crippen LogP contribution in [0.2, 0.25) is 0 Å². The molecule has 4 rings (SSSR count). The van der Waals surface area contributed by atoms with Gasteiger partial charge in [0.25, 0.3) is 0 Å². The summed E-state index contributed by atoms with van der Waals surface area (Å²) in [6.07, 6.45) is 3.80. The first-order chi connectivity index (χ1) is 13.7. The van der Waals surface area contributed by atoms with E-state index < -0.39 is 0 Å². The molecule has 0 fully saturated rings. The van der Waals surface area contributed by atoms with Crippen LogP contribution in [0, 0.1) is 6.92 Å². The van der Waals surface area contributed by atoms with E-state index in [1.807, 2.05) is 53.9 Å². The number of pyridine rings is 1. The molecule has 0 radical (unpaired) electrons. The highest BCUT2D eigenvalue weighted by atomic mass is 16.5. The molecule has 0 aliphatic carbocycles. The van der Waals surface area contributed by atoms with E-state index in [1.165, 1.54) is 0 Å². The zero-order chi connectivity index (χ0) is 19.5. The Morgan fingerprint density at radius 2 is 1.82 bits per heavy atom. The van der Waals surface area contributed by atoms with Crippen molar-refractivity contribution in [2.75, 3.05) is 0 Å². The molecule has 0 saturated heterocycles. The lowest BCUT2D eigenvalue weighted by Gasteiger charge is -2.12. The number of carbonyl (C=O) groups excluding carboxylic acids is 1. The number of hydrogen-bond donors (Lipinski definition) is 0. The molecule has 0 unspecified atom stereocenters. The number of rotatable bonds is 6. The molecule has 0 bridgehead atoms. The number of aryl methyl sites for hydroxylation is 2. The van der Waals surface area contributed by atoms with Gasteiger partial charge in [0.2, 0.25) is 0 Å². The lowest BCUT2D eigenvalue weighted by atomic mass is 10.0. The van der Waals surface area contributed by atoms with Crippen molar-refractivity contribution < 1.29 is 9.53 Å². The standard InChI is InChI=1S/C25H23NO2/c1-3-20-13-21(10-12-25(20)28-17-19-7-5-4-6-8-19)23-14-22-11-9-18(2)15-26(22)24(23)16-27/h4-16H,3,17H2,1-2H3. The summed E-state index contributed by atoms with van der Waals surface area (Å²) in [5.74, 6) is 0.891. The van der Waals surface area contributed by atoms with Gasteiger partial charge in [-0.15, -0.1) is 0 Å². The van der Waals surface area contributed by atoms with E-state index in [4.69, 9.17) is 4.74 Å². The molecule has 0 amide bonds. The van der Waals surface area contributed by atoms with Crippen LogP contribution in [0.3, 0.4) is 0 Å². The molecule has 0 N–H and O–H groups in total. The third kappa shape index (κ3) is 3.44. The van der Waals surface area contributed by atoms with E-state index >= 15 is 0 Å². The van der Waals surface area contributed by atoms with E-state index in [0.717, 1.165) is 51.8 Å². The lowest BCUT2D eigenvalue weighted by molar-refractivity contribution is 0.111. The van der Waals surface area contributed by atoms with Crippen LogP contribution in [0.1, 0.15) is 34.1 Å². The number of carbonyl (C=O) groups is 1. The number of aromatic nitrogens is 1. The van der Waals surface area contributed by atoms with Crippen molar-refractivity contribution in [3.05, 3.63) is 95.3 Å². The van der Waals surface area contributed by atoms with Crippen LogP contribution < -0.4 is 4.74 Å². The fraction of sp³-hybridized carbons (Fsp3) is 0.160. The first-order valence-electron chi connectivity index (χ1n) is 9.56. The Kier molecular flexibility index (Phi) is 4.98. The third-order valence-electron chi connectivity index (χ3n) is 5.06. The number of benzene rings is 2. The summed E-state index contributed by atoms with van der Waals surface area (Å²) in [4.78, 5) is 11.8. The van der Waals surface area contributed by atoms with Gasteiger partial charge < -0.3 is 9.14 Å². The Hall–Kier alpha value is -3.33. The highest BCUT2D eigenvalue weighted by Crippen LogP contribution is 2.31. The topological polar surface area (TPSA) is 30.7 Å². The fourth-order valence-corrected chi connectivity index (χ4v) is 3.55. The molecular formula is C25H23NO2. The molecule has 140 valence electrons. The number of nitrogens with zero attached hydrogens (tertiary/aromatic N) is 1. The van der Waals surface area contributed by atoms with Crippen molar-refractivity contribution in [3.63, 3.8) is 0 Å². The Balaban J connectivity index is 1.69. The van der Waals surface area contributed by atoms with Crippen LogP contribution in [0.4, 0.5) is 0 Å². The number of hydrogen-bond acceptors (Lipinski definition) is 2. The first-order valence-corrected chi connectivity index (χ1v) is 9.56. The van der Waals surface area contributed by atoms with Crippen molar-refractivity contribution in [2.45, 2.75) is 26.9 Å². The summed E-state index contributed by atoms with van der Waals surface area (Å²) in [5.41, 5.74) is 7.08. The predicted molar refractivity (Wildman–Crippen MR) is 113 cm³/mol. The van der Waals surface area contributed by atoms with E-state index in [-0.39, 0.29) is 0 Å². The third-order valence-corrected chi connectivity index (χ3v) is 5.06.